The van der Waals surface area contributed by atoms with E-state index in [0.717, 1.165) is 36.2 Å². The van der Waals surface area contributed by atoms with Crippen LogP contribution in [0.3, 0.4) is 0 Å². The van der Waals surface area contributed by atoms with Crippen LogP contribution < -0.4 is 0 Å². The molecule has 0 radical (unpaired) electrons. The van der Waals surface area contributed by atoms with E-state index in [9.17, 15) is 23.1 Å². The average Bonchev–Trinajstić information content (AvgIpc) is 3.59. The molecule has 3 aliphatic rings. The lowest BCUT2D eigenvalue weighted by Gasteiger charge is -2.44. The van der Waals surface area contributed by atoms with Gasteiger partial charge in [-0.05, 0) is 37.0 Å². The first kappa shape index (κ1) is 22.6. The zero-order valence-corrected chi connectivity index (χ0v) is 18.0. The quantitative estimate of drug-likeness (QED) is 0.558. The van der Waals surface area contributed by atoms with Gasteiger partial charge in [-0.1, -0.05) is 18.7 Å². The van der Waals surface area contributed by atoms with Gasteiger partial charge in [0.1, 0.15) is 0 Å². The first-order chi connectivity index (χ1) is 15.2. The zero-order valence-electron chi connectivity index (χ0n) is 18.0. The summed E-state index contributed by atoms with van der Waals surface area (Å²) in [6.07, 6.45) is -2.20. The number of hydrogen-bond donors (Lipinski definition) is 1. The lowest BCUT2D eigenvalue weighted by molar-refractivity contribution is -0.137. The van der Waals surface area contributed by atoms with Gasteiger partial charge in [-0.3, -0.25) is 0 Å². The molecule has 2 saturated heterocycles. The van der Waals surface area contributed by atoms with Crippen molar-refractivity contribution in [3.05, 3.63) is 47.7 Å². The number of aliphatic hydroxyl groups is 1. The Bertz CT molecular complexity index is 890. The number of urea groups is 1. The number of halogens is 3. The van der Waals surface area contributed by atoms with Crippen LogP contribution in [0.25, 0.3) is 0 Å². The Morgan fingerprint density at radius 2 is 1.72 bits per heavy atom. The van der Waals surface area contributed by atoms with Crippen molar-refractivity contribution in [3.63, 3.8) is 0 Å². The Balaban J connectivity index is 1.57. The van der Waals surface area contributed by atoms with E-state index in [4.69, 9.17) is 4.74 Å². The van der Waals surface area contributed by atoms with E-state index in [0.29, 0.717) is 31.3 Å². The lowest BCUT2D eigenvalue weighted by atomic mass is 9.84. The number of piperidine rings is 1. The van der Waals surface area contributed by atoms with E-state index in [1.807, 2.05) is 0 Å². The largest absolute Gasteiger partial charge is 0.484 e. The Morgan fingerprint density at radius 3 is 2.25 bits per heavy atom. The summed E-state index contributed by atoms with van der Waals surface area (Å²) in [5.74, 6) is 0.502. The van der Waals surface area contributed by atoms with Gasteiger partial charge in [0.2, 0.25) is 0 Å². The highest BCUT2D eigenvalue weighted by Crippen LogP contribution is 2.38. The molecule has 0 aromatic heterocycles. The maximum atomic E-state index is 13.0. The molecule has 1 aliphatic carbocycles. The van der Waals surface area contributed by atoms with Gasteiger partial charge in [-0.2, -0.15) is 13.2 Å². The maximum Gasteiger partial charge on any atom is 0.416 e. The first-order valence-corrected chi connectivity index (χ1v) is 10.9. The summed E-state index contributed by atoms with van der Waals surface area (Å²) in [5.41, 5.74) is 0.804. The van der Waals surface area contributed by atoms with Crippen molar-refractivity contribution in [2.75, 3.05) is 33.3 Å². The van der Waals surface area contributed by atoms with Gasteiger partial charge < -0.3 is 19.6 Å². The maximum absolute atomic E-state index is 13.0. The molecule has 1 aromatic rings. The third-order valence-electron chi connectivity index (χ3n) is 6.42. The van der Waals surface area contributed by atoms with Crippen molar-refractivity contribution in [1.29, 1.82) is 0 Å². The van der Waals surface area contributed by atoms with Gasteiger partial charge in [-0.15, -0.1) is 0 Å². The predicted octanol–water partition coefficient (Wildman–Crippen LogP) is 3.88. The molecule has 2 aliphatic heterocycles. The number of β-amino-alcohol motifs (C(OH)–C–C–N with tert-alkyl or cyclic N) is 1. The van der Waals surface area contributed by atoms with Crippen molar-refractivity contribution >= 4 is 11.9 Å². The van der Waals surface area contributed by atoms with Crippen molar-refractivity contribution in [1.82, 2.24) is 9.80 Å². The smallest absolute Gasteiger partial charge is 0.416 e. The van der Waals surface area contributed by atoms with Crippen molar-refractivity contribution < 1.29 is 27.8 Å². The molecule has 1 saturated carbocycles. The van der Waals surface area contributed by atoms with Crippen molar-refractivity contribution in [3.8, 4) is 0 Å². The van der Waals surface area contributed by atoms with E-state index < -0.39 is 17.8 Å². The summed E-state index contributed by atoms with van der Waals surface area (Å²) in [4.78, 5) is 20.8. The fourth-order valence-corrected chi connectivity index (χ4v) is 4.38. The molecule has 1 N–H and O–H groups in total. The standard InChI is InChI=1S/C23H28F3N3O3/c1-14(15-3-4-15)27-21(32-2)18-9-17(16-5-7-19(8-6-16)23(24,25)26)10-28(11-18)22(31)29-12-20(30)13-29/h5-8,15,17-18,20,30H,1,3-4,9-13H2,2H3. The van der Waals surface area contributed by atoms with E-state index in [1.54, 1.807) is 16.9 Å². The molecule has 4 rings (SSSR count). The number of carbonyl (C=O) groups excluding carboxylic acids is 1. The van der Waals surface area contributed by atoms with Crippen molar-refractivity contribution in [2.45, 2.75) is 37.5 Å². The molecule has 2 unspecified atom stereocenters. The summed E-state index contributed by atoms with van der Waals surface area (Å²) >= 11 is 0. The number of alkyl halides is 3. The summed E-state index contributed by atoms with van der Waals surface area (Å²) in [6.45, 7) is 5.38. The number of hydrogen-bond acceptors (Lipinski definition) is 4. The fraction of sp³-hybridized carbons (Fsp3) is 0.565. The number of allylic oxidation sites excluding steroid dienone is 1. The Labute approximate surface area is 185 Å². The first-order valence-electron chi connectivity index (χ1n) is 10.9. The number of likely N-dealkylation sites (tertiary alicyclic amines) is 2. The van der Waals surface area contributed by atoms with Crippen LogP contribution in [-0.4, -0.2) is 66.2 Å². The molecule has 3 fully saturated rings. The number of amides is 2. The monoisotopic (exact) mass is 451 g/mol. The third-order valence-corrected chi connectivity index (χ3v) is 6.42. The minimum absolute atomic E-state index is 0.166. The summed E-state index contributed by atoms with van der Waals surface area (Å²) < 4.78 is 44.5. The van der Waals surface area contributed by atoms with Crippen LogP contribution in [0.4, 0.5) is 18.0 Å². The summed E-state index contributed by atoms with van der Waals surface area (Å²) in [7, 11) is 1.54. The lowest BCUT2D eigenvalue weighted by Crippen LogP contribution is -2.59. The molecule has 0 spiro atoms. The summed E-state index contributed by atoms with van der Waals surface area (Å²) in [5, 5.41) is 9.57. The van der Waals surface area contributed by atoms with Crippen LogP contribution in [0.1, 0.15) is 36.3 Å². The Kier molecular flexibility index (Phi) is 6.20. The number of aliphatic hydroxyl groups excluding tert-OH is 1. The van der Waals surface area contributed by atoms with Gasteiger partial charge in [0.05, 0.1) is 37.8 Å². The molecule has 174 valence electrons. The van der Waals surface area contributed by atoms with E-state index in [1.165, 1.54) is 12.1 Å². The van der Waals surface area contributed by atoms with Crippen LogP contribution in [0.5, 0.6) is 0 Å². The van der Waals surface area contributed by atoms with E-state index in [2.05, 4.69) is 11.6 Å². The highest BCUT2D eigenvalue weighted by molar-refractivity contribution is 5.82. The van der Waals surface area contributed by atoms with Gasteiger partial charge in [0.15, 0.2) is 5.90 Å². The second-order valence-corrected chi connectivity index (χ2v) is 8.92. The number of nitrogens with zero attached hydrogens (tertiary/aromatic N) is 3. The van der Waals surface area contributed by atoms with Gasteiger partial charge in [0, 0.05) is 30.6 Å². The molecule has 2 heterocycles. The number of aliphatic imine (C=N–C) groups is 1. The number of ether oxygens (including phenoxy) is 1. The predicted molar refractivity (Wildman–Crippen MR) is 113 cm³/mol. The van der Waals surface area contributed by atoms with Gasteiger partial charge in [-0.25, -0.2) is 9.79 Å². The topological polar surface area (TPSA) is 65.4 Å². The number of benzene rings is 1. The number of rotatable bonds is 4. The van der Waals surface area contributed by atoms with Gasteiger partial charge in [0.25, 0.3) is 0 Å². The average molecular weight is 451 g/mol. The second-order valence-electron chi connectivity index (χ2n) is 8.92. The minimum Gasteiger partial charge on any atom is -0.484 e. The van der Waals surface area contributed by atoms with Crippen molar-refractivity contribution in [2.24, 2.45) is 16.8 Å². The van der Waals surface area contributed by atoms with Crippen LogP contribution in [0.15, 0.2) is 41.5 Å². The Morgan fingerprint density at radius 1 is 1.09 bits per heavy atom. The molecule has 2 atom stereocenters. The normalized spacial score (nSPS) is 24.8. The highest BCUT2D eigenvalue weighted by atomic mass is 19.4. The molecular weight excluding hydrogens is 423 g/mol. The van der Waals surface area contributed by atoms with Gasteiger partial charge >= 0.3 is 12.2 Å². The third kappa shape index (κ3) is 4.92. The zero-order chi connectivity index (χ0) is 23.0. The molecule has 2 amide bonds. The number of carbonyl (C=O) groups is 1. The molecule has 0 bridgehead atoms. The van der Waals surface area contributed by atoms with Crippen LogP contribution in [-0.2, 0) is 10.9 Å². The molecule has 1 aromatic carbocycles. The molecule has 6 nitrogen and oxygen atoms in total. The number of methoxy groups -OCH3 is 1. The summed E-state index contributed by atoms with van der Waals surface area (Å²) in [6, 6.07) is 4.94. The minimum atomic E-state index is -4.40. The fourth-order valence-electron chi connectivity index (χ4n) is 4.38. The molecular formula is C23H28F3N3O3. The SMILES string of the molecule is C=C(N=C(OC)C1CC(c2ccc(C(F)(F)F)cc2)CN(C(=O)N2CC(O)C2)C1)C1CC1. The van der Waals surface area contributed by atoms with Crippen LogP contribution in [0, 0.1) is 11.8 Å². The molecule has 9 heteroatoms. The Hall–Kier alpha value is -2.55. The second kappa shape index (κ2) is 8.77. The van der Waals surface area contributed by atoms with Crippen LogP contribution >= 0.6 is 0 Å². The van der Waals surface area contributed by atoms with E-state index >= 15 is 0 Å². The van der Waals surface area contributed by atoms with Crippen LogP contribution in [0.2, 0.25) is 0 Å². The van der Waals surface area contributed by atoms with E-state index in [-0.39, 0.29) is 31.0 Å². The highest BCUT2D eigenvalue weighted by Gasteiger charge is 2.39. The molecule has 32 heavy (non-hydrogen) atoms.